The quantitative estimate of drug-likeness (QED) is 0.871. The van der Waals surface area contributed by atoms with Crippen molar-refractivity contribution in [1.82, 2.24) is 5.32 Å². The highest BCUT2D eigenvalue weighted by molar-refractivity contribution is 5.39. The van der Waals surface area contributed by atoms with Gasteiger partial charge in [-0.1, -0.05) is 25.8 Å². The van der Waals surface area contributed by atoms with Gasteiger partial charge >= 0.3 is 0 Å². The van der Waals surface area contributed by atoms with Crippen molar-refractivity contribution in [2.24, 2.45) is 5.92 Å². The number of ether oxygens (including phenoxy) is 1. The standard InChI is InChI=1S/C19H29NO/c1-3-14-6-4-8-16(12-14)21-17-10-11-18-15(13-17)7-5-9-19(18)20-2/h10-11,13-14,16,19-20H,3-9,12H2,1-2H3. The molecule has 3 atom stereocenters. The molecular formula is C19H29NO. The topological polar surface area (TPSA) is 21.3 Å². The number of fused-ring (bicyclic) bond motifs is 1. The van der Waals surface area contributed by atoms with Gasteiger partial charge in [0.25, 0.3) is 0 Å². The first-order chi connectivity index (χ1) is 10.3. The maximum absolute atomic E-state index is 6.30. The van der Waals surface area contributed by atoms with E-state index in [9.17, 15) is 0 Å². The Labute approximate surface area is 129 Å². The molecule has 0 spiro atoms. The maximum Gasteiger partial charge on any atom is 0.120 e. The van der Waals surface area contributed by atoms with E-state index in [1.54, 1.807) is 0 Å². The van der Waals surface area contributed by atoms with Crippen molar-refractivity contribution in [3.05, 3.63) is 29.3 Å². The van der Waals surface area contributed by atoms with Crippen molar-refractivity contribution in [3.63, 3.8) is 0 Å². The molecule has 21 heavy (non-hydrogen) atoms. The van der Waals surface area contributed by atoms with Crippen LogP contribution in [0.1, 0.15) is 69.0 Å². The van der Waals surface area contributed by atoms with Crippen LogP contribution in [-0.4, -0.2) is 13.2 Å². The van der Waals surface area contributed by atoms with Crippen LogP contribution in [0.3, 0.4) is 0 Å². The molecule has 1 aromatic rings. The Morgan fingerprint density at radius 3 is 2.90 bits per heavy atom. The van der Waals surface area contributed by atoms with Crippen molar-refractivity contribution in [2.75, 3.05) is 7.05 Å². The van der Waals surface area contributed by atoms with Gasteiger partial charge in [-0.15, -0.1) is 0 Å². The summed E-state index contributed by atoms with van der Waals surface area (Å²) >= 11 is 0. The zero-order chi connectivity index (χ0) is 14.7. The number of hydrogen-bond acceptors (Lipinski definition) is 2. The fourth-order valence-corrected chi connectivity index (χ4v) is 4.08. The average Bonchev–Trinajstić information content (AvgIpc) is 2.54. The average molecular weight is 287 g/mol. The molecule has 3 rings (SSSR count). The minimum atomic E-state index is 0.436. The Bertz CT molecular complexity index is 471. The van der Waals surface area contributed by atoms with Gasteiger partial charge in [-0.3, -0.25) is 0 Å². The van der Waals surface area contributed by atoms with Crippen LogP contribution in [0.15, 0.2) is 18.2 Å². The molecular weight excluding hydrogens is 258 g/mol. The fourth-order valence-electron chi connectivity index (χ4n) is 4.08. The van der Waals surface area contributed by atoms with Gasteiger partial charge in [0.1, 0.15) is 5.75 Å². The van der Waals surface area contributed by atoms with E-state index in [-0.39, 0.29) is 0 Å². The Morgan fingerprint density at radius 1 is 1.19 bits per heavy atom. The van der Waals surface area contributed by atoms with Gasteiger partial charge in [0.15, 0.2) is 0 Å². The monoisotopic (exact) mass is 287 g/mol. The smallest absolute Gasteiger partial charge is 0.120 e. The SMILES string of the molecule is CCC1CCCC(Oc2ccc3c(c2)CCCC3NC)C1. The van der Waals surface area contributed by atoms with E-state index in [1.165, 1.54) is 62.5 Å². The highest BCUT2D eigenvalue weighted by Gasteiger charge is 2.23. The van der Waals surface area contributed by atoms with Gasteiger partial charge in [0.05, 0.1) is 6.10 Å². The van der Waals surface area contributed by atoms with Gasteiger partial charge in [-0.2, -0.15) is 0 Å². The van der Waals surface area contributed by atoms with Crippen LogP contribution in [0.4, 0.5) is 0 Å². The largest absolute Gasteiger partial charge is 0.490 e. The summed E-state index contributed by atoms with van der Waals surface area (Å²) in [6.07, 6.45) is 10.7. The van der Waals surface area contributed by atoms with Crippen molar-refractivity contribution in [2.45, 2.75) is 70.4 Å². The van der Waals surface area contributed by atoms with Gasteiger partial charge < -0.3 is 10.1 Å². The number of aryl methyl sites for hydroxylation is 1. The van der Waals surface area contributed by atoms with E-state index in [2.05, 4.69) is 37.5 Å². The molecule has 0 heterocycles. The van der Waals surface area contributed by atoms with Crippen molar-refractivity contribution in [1.29, 1.82) is 0 Å². The normalized spacial score (nSPS) is 29.0. The summed E-state index contributed by atoms with van der Waals surface area (Å²) in [5, 5.41) is 3.43. The molecule has 0 saturated heterocycles. The zero-order valence-electron chi connectivity index (χ0n) is 13.5. The summed E-state index contributed by atoms with van der Waals surface area (Å²) in [5.41, 5.74) is 2.96. The first-order valence-corrected chi connectivity index (χ1v) is 8.77. The summed E-state index contributed by atoms with van der Waals surface area (Å²) in [6.45, 7) is 2.31. The molecule has 1 N–H and O–H groups in total. The molecule has 2 aliphatic rings. The second kappa shape index (κ2) is 6.83. The zero-order valence-corrected chi connectivity index (χ0v) is 13.5. The molecule has 116 valence electrons. The minimum absolute atomic E-state index is 0.436. The lowest BCUT2D eigenvalue weighted by Crippen LogP contribution is -2.25. The van der Waals surface area contributed by atoms with E-state index in [0.717, 1.165) is 11.7 Å². The summed E-state index contributed by atoms with van der Waals surface area (Å²) in [4.78, 5) is 0. The molecule has 2 aliphatic carbocycles. The predicted molar refractivity (Wildman–Crippen MR) is 87.8 cm³/mol. The van der Waals surface area contributed by atoms with Crippen LogP contribution in [0.25, 0.3) is 0 Å². The van der Waals surface area contributed by atoms with Crippen LogP contribution in [0.2, 0.25) is 0 Å². The fraction of sp³-hybridized carbons (Fsp3) is 0.684. The van der Waals surface area contributed by atoms with Crippen molar-refractivity contribution >= 4 is 0 Å². The lowest BCUT2D eigenvalue weighted by Gasteiger charge is -2.30. The Morgan fingerprint density at radius 2 is 2.10 bits per heavy atom. The van der Waals surface area contributed by atoms with Gasteiger partial charge in [-0.05, 0) is 74.8 Å². The molecule has 3 unspecified atom stereocenters. The molecule has 0 bridgehead atoms. The lowest BCUT2D eigenvalue weighted by molar-refractivity contribution is 0.122. The minimum Gasteiger partial charge on any atom is -0.490 e. The van der Waals surface area contributed by atoms with E-state index in [0.29, 0.717) is 12.1 Å². The third-order valence-electron chi connectivity index (χ3n) is 5.39. The van der Waals surface area contributed by atoms with Crippen molar-refractivity contribution < 1.29 is 4.74 Å². The third-order valence-corrected chi connectivity index (χ3v) is 5.39. The first kappa shape index (κ1) is 14.9. The second-order valence-corrected chi connectivity index (χ2v) is 6.77. The molecule has 1 aromatic carbocycles. The van der Waals surface area contributed by atoms with E-state index >= 15 is 0 Å². The van der Waals surface area contributed by atoms with Gasteiger partial charge in [-0.25, -0.2) is 0 Å². The number of rotatable bonds is 4. The summed E-state index contributed by atoms with van der Waals surface area (Å²) in [7, 11) is 2.07. The van der Waals surface area contributed by atoms with Crippen LogP contribution >= 0.6 is 0 Å². The summed E-state index contributed by atoms with van der Waals surface area (Å²) in [5.74, 6) is 1.96. The Kier molecular flexibility index (Phi) is 4.84. The van der Waals surface area contributed by atoms with Crippen LogP contribution in [-0.2, 0) is 6.42 Å². The first-order valence-electron chi connectivity index (χ1n) is 8.77. The molecule has 0 aliphatic heterocycles. The van der Waals surface area contributed by atoms with Gasteiger partial charge in [0, 0.05) is 6.04 Å². The number of hydrogen-bond donors (Lipinski definition) is 1. The van der Waals surface area contributed by atoms with Crippen LogP contribution in [0, 0.1) is 5.92 Å². The molecule has 2 heteroatoms. The maximum atomic E-state index is 6.30. The van der Waals surface area contributed by atoms with E-state index in [4.69, 9.17) is 4.74 Å². The molecule has 1 fully saturated rings. The highest BCUT2D eigenvalue weighted by Crippen LogP contribution is 2.34. The highest BCUT2D eigenvalue weighted by atomic mass is 16.5. The summed E-state index contributed by atoms with van der Waals surface area (Å²) < 4.78 is 6.30. The summed E-state index contributed by atoms with van der Waals surface area (Å²) in [6, 6.07) is 7.30. The van der Waals surface area contributed by atoms with Crippen molar-refractivity contribution in [3.8, 4) is 5.75 Å². The molecule has 0 amide bonds. The van der Waals surface area contributed by atoms with Crippen LogP contribution in [0.5, 0.6) is 5.75 Å². The van der Waals surface area contributed by atoms with Crippen LogP contribution < -0.4 is 10.1 Å². The number of benzene rings is 1. The Hall–Kier alpha value is -1.02. The molecule has 2 nitrogen and oxygen atoms in total. The number of nitrogens with one attached hydrogen (secondary N) is 1. The molecule has 0 aromatic heterocycles. The second-order valence-electron chi connectivity index (χ2n) is 6.77. The van der Waals surface area contributed by atoms with E-state index in [1.807, 2.05) is 0 Å². The van der Waals surface area contributed by atoms with Gasteiger partial charge in [0.2, 0.25) is 0 Å². The predicted octanol–water partition coefficient (Wildman–Crippen LogP) is 4.63. The molecule has 0 radical (unpaired) electrons. The lowest BCUT2D eigenvalue weighted by atomic mass is 9.85. The van der Waals surface area contributed by atoms with E-state index < -0.39 is 0 Å². The Balaban J connectivity index is 1.69. The third kappa shape index (κ3) is 3.42. The molecule has 1 saturated carbocycles.